The summed E-state index contributed by atoms with van der Waals surface area (Å²) in [4.78, 5) is 0. The summed E-state index contributed by atoms with van der Waals surface area (Å²) in [5.74, 6) is 2.25. The van der Waals surface area contributed by atoms with Crippen LogP contribution in [0.4, 0.5) is 0 Å². The molecule has 1 aliphatic heterocycles. The molecule has 0 bridgehead atoms. The van der Waals surface area contributed by atoms with Crippen LogP contribution in [0, 0.1) is 0 Å². The molecule has 0 radical (unpaired) electrons. The SMILES string of the molecule is CC(C)OC1(CCN)CSC1. The molecule has 3 heteroatoms. The van der Waals surface area contributed by atoms with Gasteiger partial charge in [0.2, 0.25) is 0 Å². The summed E-state index contributed by atoms with van der Waals surface area (Å²) >= 11 is 1.95. The van der Waals surface area contributed by atoms with Crippen molar-refractivity contribution in [2.24, 2.45) is 5.73 Å². The summed E-state index contributed by atoms with van der Waals surface area (Å²) in [6.45, 7) is 4.91. The fourth-order valence-corrected chi connectivity index (χ4v) is 2.45. The minimum atomic E-state index is 0.133. The van der Waals surface area contributed by atoms with Crippen molar-refractivity contribution in [3.8, 4) is 0 Å². The van der Waals surface area contributed by atoms with E-state index in [1.165, 1.54) is 0 Å². The maximum absolute atomic E-state index is 5.81. The highest BCUT2D eigenvalue weighted by Crippen LogP contribution is 2.36. The first-order chi connectivity index (χ1) is 5.18. The zero-order valence-electron chi connectivity index (χ0n) is 7.30. The molecular weight excluding hydrogens is 158 g/mol. The molecule has 0 spiro atoms. The monoisotopic (exact) mass is 175 g/mol. The summed E-state index contributed by atoms with van der Waals surface area (Å²) in [6.07, 6.45) is 1.35. The van der Waals surface area contributed by atoms with Crippen molar-refractivity contribution in [1.29, 1.82) is 0 Å². The van der Waals surface area contributed by atoms with E-state index in [-0.39, 0.29) is 5.60 Å². The molecule has 1 heterocycles. The van der Waals surface area contributed by atoms with E-state index >= 15 is 0 Å². The van der Waals surface area contributed by atoms with Gasteiger partial charge in [0, 0.05) is 11.5 Å². The Labute approximate surface area is 72.9 Å². The zero-order chi connectivity index (χ0) is 8.32. The Hall–Kier alpha value is 0.270. The van der Waals surface area contributed by atoms with Gasteiger partial charge in [0.25, 0.3) is 0 Å². The molecule has 0 amide bonds. The number of hydrogen-bond donors (Lipinski definition) is 1. The molecule has 1 saturated heterocycles. The first-order valence-electron chi connectivity index (χ1n) is 4.14. The van der Waals surface area contributed by atoms with E-state index in [9.17, 15) is 0 Å². The van der Waals surface area contributed by atoms with Crippen molar-refractivity contribution < 1.29 is 4.74 Å². The molecule has 0 aromatic rings. The Morgan fingerprint density at radius 1 is 1.55 bits per heavy atom. The first-order valence-corrected chi connectivity index (χ1v) is 5.30. The largest absolute Gasteiger partial charge is 0.371 e. The molecule has 0 aromatic heterocycles. The standard InChI is InChI=1S/C8H17NOS/c1-7(2)10-8(3-4-9)5-11-6-8/h7H,3-6,9H2,1-2H3. The number of nitrogens with two attached hydrogens (primary N) is 1. The molecule has 1 aliphatic rings. The fraction of sp³-hybridized carbons (Fsp3) is 1.00. The van der Waals surface area contributed by atoms with Gasteiger partial charge >= 0.3 is 0 Å². The Morgan fingerprint density at radius 2 is 2.18 bits per heavy atom. The molecular formula is C8H17NOS. The van der Waals surface area contributed by atoms with Gasteiger partial charge in [-0.05, 0) is 26.8 Å². The predicted molar refractivity (Wildman–Crippen MR) is 49.9 cm³/mol. The van der Waals surface area contributed by atoms with Crippen molar-refractivity contribution in [3.63, 3.8) is 0 Å². The van der Waals surface area contributed by atoms with Gasteiger partial charge in [0.05, 0.1) is 11.7 Å². The smallest absolute Gasteiger partial charge is 0.0877 e. The molecule has 0 atom stereocenters. The maximum atomic E-state index is 5.81. The normalized spacial score (nSPS) is 21.8. The Morgan fingerprint density at radius 3 is 2.45 bits per heavy atom. The van der Waals surface area contributed by atoms with Gasteiger partial charge in [-0.25, -0.2) is 0 Å². The van der Waals surface area contributed by atoms with Gasteiger partial charge in [-0.15, -0.1) is 0 Å². The molecule has 2 N–H and O–H groups in total. The number of ether oxygens (including phenoxy) is 1. The molecule has 0 aromatic carbocycles. The average molecular weight is 175 g/mol. The highest BCUT2D eigenvalue weighted by Gasteiger charge is 2.38. The predicted octanol–water partition coefficient (Wildman–Crippen LogP) is 1.25. The summed E-state index contributed by atoms with van der Waals surface area (Å²) < 4.78 is 5.81. The van der Waals surface area contributed by atoms with Crippen LogP contribution in [0.5, 0.6) is 0 Å². The van der Waals surface area contributed by atoms with Crippen molar-refractivity contribution in [2.75, 3.05) is 18.1 Å². The van der Waals surface area contributed by atoms with Crippen molar-refractivity contribution in [3.05, 3.63) is 0 Å². The van der Waals surface area contributed by atoms with Gasteiger partial charge in [0.15, 0.2) is 0 Å². The Bertz CT molecular complexity index is 123. The highest BCUT2D eigenvalue weighted by atomic mass is 32.2. The molecule has 0 saturated carbocycles. The molecule has 11 heavy (non-hydrogen) atoms. The summed E-state index contributed by atoms with van der Waals surface area (Å²) in [5.41, 5.74) is 5.64. The Kier molecular flexibility index (Phi) is 3.22. The molecule has 0 aliphatic carbocycles. The number of rotatable bonds is 4. The van der Waals surface area contributed by atoms with Crippen LogP contribution in [-0.2, 0) is 4.74 Å². The van der Waals surface area contributed by atoms with E-state index in [0.717, 1.165) is 24.5 Å². The van der Waals surface area contributed by atoms with E-state index in [1.54, 1.807) is 0 Å². The lowest BCUT2D eigenvalue weighted by molar-refractivity contribution is -0.0594. The molecule has 2 nitrogen and oxygen atoms in total. The Balaban J connectivity index is 2.33. The van der Waals surface area contributed by atoms with Crippen LogP contribution in [-0.4, -0.2) is 29.8 Å². The van der Waals surface area contributed by atoms with Crippen LogP contribution in [0.25, 0.3) is 0 Å². The second kappa shape index (κ2) is 3.78. The van der Waals surface area contributed by atoms with Crippen LogP contribution in [0.15, 0.2) is 0 Å². The van der Waals surface area contributed by atoms with Gasteiger partial charge < -0.3 is 10.5 Å². The summed E-state index contributed by atoms with van der Waals surface area (Å²) in [7, 11) is 0. The van der Waals surface area contributed by atoms with E-state index in [1.807, 2.05) is 11.8 Å². The van der Waals surface area contributed by atoms with E-state index in [2.05, 4.69) is 13.8 Å². The van der Waals surface area contributed by atoms with Crippen LogP contribution < -0.4 is 5.73 Å². The lowest BCUT2D eigenvalue weighted by Crippen LogP contribution is -2.49. The highest BCUT2D eigenvalue weighted by molar-refractivity contribution is 8.00. The van der Waals surface area contributed by atoms with Gasteiger partial charge in [0.1, 0.15) is 0 Å². The third-order valence-corrected chi connectivity index (χ3v) is 3.28. The molecule has 0 unspecified atom stereocenters. The van der Waals surface area contributed by atoms with Crippen LogP contribution in [0.2, 0.25) is 0 Å². The molecule has 66 valence electrons. The maximum Gasteiger partial charge on any atom is 0.0877 e. The lowest BCUT2D eigenvalue weighted by atomic mass is 10.0. The lowest BCUT2D eigenvalue weighted by Gasteiger charge is -2.42. The number of hydrogen-bond acceptors (Lipinski definition) is 3. The molecule has 1 rings (SSSR count). The summed E-state index contributed by atoms with van der Waals surface area (Å²) in [5, 5.41) is 0. The van der Waals surface area contributed by atoms with Crippen LogP contribution in [0.3, 0.4) is 0 Å². The van der Waals surface area contributed by atoms with E-state index < -0.39 is 0 Å². The minimum absolute atomic E-state index is 0.133. The van der Waals surface area contributed by atoms with Crippen LogP contribution >= 0.6 is 11.8 Å². The van der Waals surface area contributed by atoms with Crippen molar-refractivity contribution in [2.45, 2.75) is 32.0 Å². The average Bonchev–Trinajstić information content (AvgIpc) is 1.82. The topological polar surface area (TPSA) is 35.2 Å². The van der Waals surface area contributed by atoms with E-state index in [0.29, 0.717) is 6.10 Å². The summed E-state index contributed by atoms with van der Waals surface area (Å²) in [6, 6.07) is 0. The van der Waals surface area contributed by atoms with Gasteiger partial charge in [-0.1, -0.05) is 0 Å². The fourth-order valence-electron chi connectivity index (χ4n) is 1.36. The van der Waals surface area contributed by atoms with Crippen molar-refractivity contribution >= 4 is 11.8 Å². The third-order valence-electron chi connectivity index (χ3n) is 1.82. The van der Waals surface area contributed by atoms with E-state index in [4.69, 9.17) is 10.5 Å². The molecule has 1 fully saturated rings. The first kappa shape index (κ1) is 9.36. The van der Waals surface area contributed by atoms with Gasteiger partial charge in [-0.2, -0.15) is 11.8 Å². The second-order valence-electron chi connectivity index (χ2n) is 3.38. The number of thioether (sulfide) groups is 1. The van der Waals surface area contributed by atoms with Crippen molar-refractivity contribution in [1.82, 2.24) is 0 Å². The van der Waals surface area contributed by atoms with Gasteiger partial charge in [-0.3, -0.25) is 0 Å². The quantitative estimate of drug-likeness (QED) is 0.698. The third kappa shape index (κ3) is 2.36. The second-order valence-corrected chi connectivity index (χ2v) is 4.37. The minimum Gasteiger partial charge on any atom is -0.371 e. The zero-order valence-corrected chi connectivity index (χ0v) is 8.12. The van der Waals surface area contributed by atoms with Crippen LogP contribution in [0.1, 0.15) is 20.3 Å².